The van der Waals surface area contributed by atoms with Crippen molar-refractivity contribution in [2.24, 2.45) is 0 Å². The van der Waals surface area contributed by atoms with E-state index < -0.39 is 6.23 Å². The van der Waals surface area contributed by atoms with Crippen LogP contribution in [0, 0.1) is 13.8 Å². The molecule has 2 aromatic carbocycles. The van der Waals surface area contributed by atoms with Crippen LogP contribution in [0.2, 0.25) is 0 Å². The van der Waals surface area contributed by atoms with E-state index in [1.54, 1.807) is 23.1 Å². The van der Waals surface area contributed by atoms with Gasteiger partial charge in [-0.2, -0.15) is 0 Å². The van der Waals surface area contributed by atoms with Crippen LogP contribution in [0.5, 0.6) is 0 Å². The zero-order chi connectivity index (χ0) is 22.9. The number of hydrogen-bond acceptors (Lipinski definition) is 7. The summed E-state index contributed by atoms with van der Waals surface area (Å²) in [6.07, 6.45) is 0.728. The van der Waals surface area contributed by atoms with Gasteiger partial charge in [-0.25, -0.2) is 9.97 Å². The topological polar surface area (TPSA) is 97.6 Å². The summed E-state index contributed by atoms with van der Waals surface area (Å²) >= 11 is 1.50. The third-order valence-electron chi connectivity index (χ3n) is 5.51. The first-order chi connectivity index (χ1) is 16.0. The largest absolute Gasteiger partial charge is 0.443 e. The molecule has 1 unspecified atom stereocenters. The Morgan fingerprint density at radius 1 is 1.21 bits per heavy atom. The maximum Gasteiger partial charge on any atom is 0.276 e. The van der Waals surface area contributed by atoms with Crippen LogP contribution in [0.3, 0.4) is 0 Å². The van der Waals surface area contributed by atoms with E-state index in [0.717, 1.165) is 21.0 Å². The average Bonchev–Trinajstić information content (AvgIpc) is 3.55. The lowest BCUT2D eigenvalue weighted by Gasteiger charge is -2.23. The van der Waals surface area contributed by atoms with Crippen LogP contribution in [0.1, 0.15) is 31.4 Å². The number of carbonyl (C=O) groups is 2. The fourth-order valence-corrected chi connectivity index (χ4v) is 4.86. The molecular formula is C24H22N4O4S. The average molecular weight is 463 g/mol. The first kappa shape index (κ1) is 21.3. The molecule has 0 radical (unpaired) electrons. The van der Waals surface area contributed by atoms with Gasteiger partial charge in [-0.05, 0) is 31.5 Å². The second kappa shape index (κ2) is 8.76. The molecule has 1 fully saturated rings. The van der Waals surface area contributed by atoms with Crippen LogP contribution < -0.4 is 5.32 Å². The van der Waals surface area contributed by atoms with Crippen molar-refractivity contribution in [3.8, 4) is 10.4 Å². The van der Waals surface area contributed by atoms with Crippen LogP contribution >= 0.6 is 11.3 Å². The van der Waals surface area contributed by atoms with Gasteiger partial charge in [0.2, 0.25) is 0 Å². The lowest BCUT2D eigenvalue weighted by Crippen LogP contribution is -2.44. The molecule has 1 N–H and O–H groups in total. The third kappa shape index (κ3) is 4.12. The van der Waals surface area contributed by atoms with Crippen molar-refractivity contribution in [1.82, 2.24) is 20.2 Å². The molecule has 168 valence electrons. The number of oxazole rings is 1. The number of nitrogens with zero attached hydrogens (tertiary/aromatic N) is 3. The van der Waals surface area contributed by atoms with Gasteiger partial charge in [0.05, 0.1) is 28.6 Å². The van der Waals surface area contributed by atoms with E-state index in [2.05, 4.69) is 15.3 Å². The normalized spacial score (nSPS) is 15.8. The number of carbonyl (C=O) groups excluding carboxylic acids is 2. The number of benzene rings is 2. The lowest BCUT2D eigenvalue weighted by molar-refractivity contribution is 0.0277. The summed E-state index contributed by atoms with van der Waals surface area (Å²) in [5, 5.41) is 3.67. The minimum Gasteiger partial charge on any atom is -0.443 e. The van der Waals surface area contributed by atoms with E-state index in [0.29, 0.717) is 35.5 Å². The van der Waals surface area contributed by atoms with Crippen LogP contribution in [0.15, 0.2) is 53.3 Å². The quantitative estimate of drug-likeness (QED) is 0.485. The molecule has 1 saturated heterocycles. The Hall–Kier alpha value is -3.56. The van der Waals surface area contributed by atoms with Gasteiger partial charge in [0.15, 0.2) is 12.0 Å². The smallest absolute Gasteiger partial charge is 0.276 e. The van der Waals surface area contributed by atoms with Gasteiger partial charge in [0.25, 0.3) is 11.8 Å². The van der Waals surface area contributed by atoms with Crippen molar-refractivity contribution >= 4 is 34.3 Å². The number of aryl methyl sites for hydroxylation is 2. The number of amides is 2. The van der Waals surface area contributed by atoms with E-state index in [4.69, 9.17) is 9.15 Å². The van der Waals surface area contributed by atoms with Crippen LogP contribution in [-0.4, -0.2) is 52.6 Å². The Kier molecular flexibility index (Phi) is 5.65. The summed E-state index contributed by atoms with van der Waals surface area (Å²) in [4.78, 5) is 37.3. The summed E-state index contributed by atoms with van der Waals surface area (Å²) in [6.45, 7) is 4.89. The minimum absolute atomic E-state index is 0.151. The minimum atomic E-state index is -0.581. The zero-order valence-corrected chi connectivity index (χ0v) is 19.0. The van der Waals surface area contributed by atoms with Gasteiger partial charge < -0.3 is 19.4 Å². The second-order valence-electron chi connectivity index (χ2n) is 7.82. The maximum atomic E-state index is 13.5. The molecule has 0 saturated carbocycles. The fraction of sp³-hybridized carbons (Fsp3) is 0.250. The molecule has 2 aromatic heterocycles. The van der Waals surface area contributed by atoms with Gasteiger partial charge in [-0.1, -0.05) is 35.9 Å². The van der Waals surface area contributed by atoms with E-state index in [9.17, 15) is 9.59 Å². The monoisotopic (exact) mass is 462 g/mol. The summed E-state index contributed by atoms with van der Waals surface area (Å²) in [6, 6.07) is 13.2. The van der Waals surface area contributed by atoms with Gasteiger partial charge in [0.1, 0.15) is 17.4 Å². The lowest BCUT2D eigenvalue weighted by atomic mass is 10.1. The van der Waals surface area contributed by atoms with Crippen molar-refractivity contribution in [2.45, 2.75) is 20.1 Å². The Bertz CT molecular complexity index is 1350. The third-order valence-corrected chi connectivity index (χ3v) is 6.53. The highest BCUT2D eigenvalue weighted by Crippen LogP contribution is 2.32. The maximum absolute atomic E-state index is 13.5. The molecule has 1 aliphatic rings. The molecular weight excluding hydrogens is 440 g/mol. The van der Waals surface area contributed by atoms with Gasteiger partial charge in [-0.3, -0.25) is 9.59 Å². The van der Waals surface area contributed by atoms with Crippen molar-refractivity contribution in [1.29, 1.82) is 0 Å². The van der Waals surface area contributed by atoms with Crippen molar-refractivity contribution in [3.05, 3.63) is 70.7 Å². The summed E-state index contributed by atoms with van der Waals surface area (Å²) in [5.74, 6) is -0.518. The SMILES string of the molecule is Cc1cccc(-c2sc(C)nc2C(=O)N2CCOC2CNC(=O)c2cccc3ncoc23)c1. The molecule has 1 atom stereocenters. The van der Waals surface area contributed by atoms with Crippen LogP contribution in [0.25, 0.3) is 21.5 Å². The molecule has 4 aromatic rings. The summed E-state index contributed by atoms with van der Waals surface area (Å²) in [7, 11) is 0. The highest BCUT2D eigenvalue weighted by Gasteiger charge is 2.33. The second-order valence-corrected chi connectivity index (χ2v) is 9.02. The molecule has 3 heterocycles. The van der Waals surface area contributed by atoms with Crippen LogP contribution in [0.4, 0.5) is 0 Å². The summed E-state index contributed by atoms with van der Waals surface area (Å²) in [5.41, 5.74) is 3.92. The molecule has 0 aliphatic carbocycles. The number of para-hydroxylation sites is 1. The molecule has 2 amide bonds. The molecule has 9 heteroatoms. The molecule has 1 aliphatic heterocycles. The van der Waals surface area contributed by atoms with E-state index in [-0.39, 0.29) is 18.4 Å². The Labute approximate surface area is 194 Å². The molecule has 5 rings (SSSR count). The van der Waals surface area contributed by atoms with Gasteiger partial charge >= 0.3 is 0 Å². The highest BCUT2D eigenvalue weighted by molar-refractivity contribution is 7.15. The molecule has 0 bridgehead atoms. The van der Waals surface area contributed by atoms with Crippen molar-refractivity contribution in [2.75, 3.05) is 19.7 Å². The molecule has 33 heavy (non-hydrogen) atoms. The predicted molar refractivity (Wildman–Crippen MR) is 124 cm³/mol. The summed E-state index contributed by atoms with van der Waals surface area (Å²) < 4.78 is 11.1. The number of thiazole rings is 1. The molecule has 0 spiro atoms. The number of hydrogen-bond donors (Lipinski definition) is 1. The number of rotatable bonds is 5. The number of ether oxygens (including phenoxy) is 1. The first-order valence-electron chi connectivity index (χ1n) is 10.6. The number of nitrogens with one attached hydrogen (secondary N) is 1. The highest BCUT2D eigenvalue weighted by atomic mass is 32.1. The Morgan fingerprint density at radius 3 is 2.91 bits per heavy atom. The first-order valence-corrected chi connectivity index (χ1v) is 11.4. The van der Waals surface area contributed by atoms with Gasteiger partial charge in [-0.15, -0.1) is 11.3 Å². The van der Waals surface area contributed by atoms with Crippen molar-refractivity contribution < 1.29 is 18.7 Å². The zero-order valence-electron chi connectivity index (χ0n) is 18.2. The standard InChI is InChI=1S/C24H22N4O4S/c1-14-5-3-6-16(11-14)22-20(27-15(2)33-22)24(30)28-9-10-31-19(28)12-25-23(29)17-7-4-8-18-21(17)32-13-26-18/h3-8,11,13,19H,9-10,12H2,1-2H3,(H,25,29). The van der Waals surface area contributed by atoms with Crippen molar-refractivity contribution in [3.63, 3.8) is 0 Å². The van der Waals surface area contributed by atoms with E-state index in [1.807, 2.05) is 38.1 Å². The van der Waals surface area contributed by atoms with Gasteiger partial charge in [0, 0.05) is 6.54 Å². The molecule has 8 nitrogen and oxygen atoms in total. The van der Waals surface area contributed by atoms with E-state index in [1.165, 1.54) is 17.7 Å². The number of fused-ring (bicyclic) bond motifs is 1. The Balaban J connectivity index is 1.34. The van der Waals surface area contributed by atoms with Crippen LogP contribution in [-0.2, 0) is 4.74 Å². The fourth-order valence-electron chi connectivity index (χ4n) is 3.95. The van der Waals surface area contributed by atoms with E-state index >= 15 is 0 Å². The Morgan fingerprint density at radius 2 is 2.06 bits per heavy atom. The number of aromatic nitrogens is 2. The predicted octanol–water partition coefficient (Wildman–Crippen LogP) is 3.80.